The molecule has 34 heavy (non-hydrogen) atoms. The highest BCUT2D eigenvalue weighted by Crippen LogP contribution is 2.25. The Hall–Kier alpha value is -3.60. The molecular formula is C25H21IN2O6. The SMILES string of the molecule is COC(=O)c1ccc(CN2C(=O)N/C(=C\c3ccc(OCc4cccc(C)c4)c(I)c3)C2=O)o1. The maximum Gasteiger partial charge on any atom is 0.373 e. The molecule has 3 amide bonds. The van der Waals surface area contributed by atoms with E-state index in [2.05, 4.69) is 38.7 Å². The smallest absolute Gasteiger partial charge is 0.373 e. The first-order chi connectivity index (χ1) is 16.3. The van der Waals surface area contributed by atoms with Crippen LogP contribution in [0.3, 0.4) is 0 Å². The summed E-state index contributed by atoms with van der Waals surface area (Å²) < 4.78 is 16.8. The number of benzene rings is 2. The lowest BCUT2D eigenvalue weighted by atomic mass is 10.1. The third kappa shape index (κ3) is 5.30. The molecule has 4 rings (SSSR count). The van der Waals surface area contributed by atoms with E-state index in [9.17, 15) is 14.4 Å². The monoisotopic (exact) mass is 572 g/mol. The van der Waals surface area contributed by atoms with Gasteiger partial charge in [0, 0.05) is 0 Å². The number of methoxy groups -OCH3 is 1. The number of nitrogens with zero attached hydrogens (tertiary/aromatic N) is 1. The normalized spacial score (nSPS) is 14.4. The molecule has 2 heterocycles. The van der Waals surface area contributed by atoms with Crippen molar-refractivity contribution in [3.63, 3.8) is 0 Å². The summed E-state index contributed by atoms with van der Waals surface area (Å²) in [6.07, 6.45) is 1.61. The van der Waals surface area contributed by atoms with Gasteiger partial charge >= 0.3 is 12.0 Å². The highest BCUT2D eigenvalue weighted by molar-refractivity contribution is 14.1. The standard InChI is InChI=1S/C25H21IN2O6/c1-15-4-3-5-17(10-15)14-33-21-8-6-16(11-19(21)26)12-20-23(29)28(25(31)27-20)13-18-7-9-22(34-18)24(30)32-2/h3-12H,13-14H2,1-2H3,(H,27,31)/b20-12-. The minimum Gasteiger partial charge on any atom is -0.488 e. The van der Waals surface area contributed by atoms with Gasteiger partial charge in [-0.15, -0.1) is 0 Å². The molecule has 0 spiro atoms. The zero-order valence-electron chi connectivity index (χ0n) is 18.5. The minimum absolute atomic E-state index is 0.000368. The number of urea groups is 1. The van der Waals surface area contributed by atoms with Crippen LogP contribution in [0.4, 0.5) is 4.79 Å². The third-order valence-corrected chi connectivity index (χ3v) is 5.91. The van der Waals surface area contributed by atoms with E-state index < -0.39 is 17.9 Å². The summed E-state index contributed by atoms with van der Waals surface area (Å²) in [4.78, 5) is 37.7. The molecule has 0 radical (unpaired) electrons. The van der Waals surface area contributed by atoms with Crippen molar-refractivity contribution in [2.75, 3.05) is 7.11 Å². The van der Waals surface area contributed by atoms with Crippen molar-refractivity contribution >= 4 is 46.6 Å². The Morgan fingerprint density at radius 2 is 1.97 bits per heavy atom. The number of halogens is 1. The van der Waals surface area contributed by atoms with Gasteiger partial charge in [0.25, 0.3) is 5.91 Å². The maximum absolute atomic E-state index is 12.8. The lowest BCUT2D eigenvalue weighted by Crippen LogP contribution is -2.30. The van der Waals surface area contributed by atoms with Crippen LogP contribution in [0.1, 0.15) is 33.0 Å². The number of rotatable bonds is 7. The fourth-order valence-electron chi connectivity index (χ4n) is 3.40. The lowest BCUT2D eigenvalue weighted by Gasteiger charge is -2.10. The van der Waals surface area contributed by atoms with Gasteiger partial charge in [0.05, 0.1) is 17.2 Å². The van der Waals surface area contributed by atoms with E-state index >= 15 is 0 Å². The van der Waals surface area contributed by atoms with Crippen LogP contribution in [-0.4, -0.2) is 29.9 Å². The first kappa shape index (κ1) is 23.6. The average Bonchev–Trinajstić information content (AvgIpc) is 3.38. The van der Waals surface area contributed by atoms with E-state index in [1.165, 1.54) is 24.8 Å². The fraction of sp³-hybridized carbons (Fsp3) is 0.160. The quantitative estimate of drug-likeness (QED) is 0.192. The second-order valence-electron chi connectivity index (χ2n) is 7.60. The Morgan fingerprint density at radius 3 is 2.71 bits per heavy atom. The summed E-state index contributed by atoms with van der Waals surface area (Å²) in [6.45, 7) is 2.38. The summed E-state index contributed by atoms with van der Waals surface area (Å²) in [6, 6.07) is 16.0. The summed E-state index contributed by atoms with van der Waals surface area (Å²) in [7, 11) is 1.24. The van der Waals surface area contributed by atoms with Crippen LogP contribution in [0.25, 0.3) is 6.08 Å². The molecule has 1 N–H and O–H groups in total. The van der Waals surface area contributed by atoms with Crippen molar-refractivity contribution in [1.29, 1.82) is 0 Å². The molecule has 0 unspecified atom stereocenters. The van der Waals surface area contributed by atoms with Gasteiger partial charge in [-0.2, -0.15) is 0 Å². The number of aryl methyl sites for hydroxylation is 1. The first-order valence-corrected chi connectivity index (χ1v) is 11.4. The molecule has 8 nitrogen and oxygen atoms in total. The first-order valence-electron chi connectivity index (χ1n) is 10.3. The number of imide groups is 1. The third-order valence-electron chi connectivity index (χ3n) is 5.07. The molecule has 2 aromatic carbocycles. The number of esters is 1. The Bertz CT molecular complexity index is 1300. The topological polar surface area (TPSA) is 98.1 Å². The van der Waals surface area contributed by atoms with Crippen molar-refractivity contribution in [3.8, 4) is 5.75 Å². The Kier molecular flexibility index (Phi) is 7.01. The number of ether oxygens (including phenoxy) is 2. The minimum atomic E-state index is -0.634. The predicted octanol–water partition coefficient (Wildman–Crippen LogP) is 4.65. The fourth-order valence-corrected chi connectivity index (χ4v) is 4.09. The Balaban J connectivity index is 1.43. The zero-order valence-corrected chi connectivity index (χ0v) is 20.6. The van der Waals surface area contributed by atoms with Crippen molar-refractivity contribution in [2.45, 2.75) is 20.1 Å². The highest BCUT2D eigenvalue weighted by Gasteiger charge is 2.34. The van der Waals surface area contributed by atoms with E-state index in [-0.39, 0.29) is 23.8 Å². The van der Waals surface area contributed by atoms with Crippen LogP contribution in [0.5, 0.6) is 5.75 Å². The molecule has 1 saturated heterocycles. The molecular weight excluding hydrogens is 551 g/mol. The summed E-state index contributed by atoms with van der Waals surface area (Å²) in [5, 5.41) is 2.58. The number of carbonyl (C=O) groups excluding carboxylic acids is 3. The maximum atomic E-state index is 12.8. The summed E-state index contributed by atoms with van der Waals surface area (Å²) in [5.74, 6) is -0.109. The Labute approximate surface area is 209 Å². The highest BCUT2D eigenvalue weighted by atomic mass is 127. The molecule has 1 aromatic heterocycles. The number of carbonyl (C=O) groups is 3. The van der Waals surface area contributed by atoms with Gasteiger partial charge in [-0.1, -0.05) is 35.9 Å². The molecule has 1 aliphatic rings. The Morgan fingerprint density at radius 1 is 1.15 bits per heavy atom. The van der Waals surface area contributed by atoms with Crippen LogP contribution in [0, 0.1) is 10.5 Å². The zero-order chi connectivity index (χ0) is 24.2. The van der Waals surface area contributed by atoms with Crippen molar-refractivity contribution in [2.24, 2.45) is 0 Å². The molecule has 0 saturated carbocycles. The molecule has 1 aliphatic heterocycles. The number of amides is 3. The van der Waals surface area contributed by atoms with Gasteiger partial charge in [-0.3, -0.25) is 9.69 Å². The molecule has 9 heteroatoms. The average molecular weight is 572 g/mol. The number of hydrogen-bond acceptors (Lipinski definition) is 6. The number of nitrogens with one attached hydrogen (secondary N) is 1. The van der Waals surface area contributed by atoms with E-state index in [0.29, 0.717) is 6.61 Å². The molecule has 0 aliphatic carbocycles. The summed E-state index contributed by atoms with van der Waals surface area (Å²) >= 11 is 2.17. The number of hydrogen-bond donors (Lipinski definition) is 1. The molecule has 1 fully saturated rings. The van der Waals surface area contributed by atoms with Crippen LogP contribution in [-0.2, 0) is 22.7 Å². The lowest BCUT2D eigenvalue weighted by molar-refractivity contribution is -0.123. The van der Waals surface area contributed by atoms with Crippen molar-refractivity contribution in [3.05, 3.63) is 92.1 Å². The molecule has 3 aromatic rings. The van der Waals surface area contributed by atoms with Gasteiger partial charge in [-0.25, -0.2) is 9.59 Å². The second kappa shape index (κ2) is 10.1. The van der Waals surface area contributed by atoms with E-state index in [1.54, 1.807) is 6.08 Å². The number of furan rings is 1. The largest absolute Gasteiger partial charge is 0.488 e. The van der Waals surface area contributed by atoms with Gasteiger partial charge in [-0.05, 0) is 71.0 Å². The van der Waals surface area contributed by atoms with E-state index in [1.807, 2.05) is 43.3 Å². The van der Waals surface area contributed by atoms with Crippen LogP contribution in [0.15, 0.2) is 64.7 Å². The van der Waals surface area contributed by atoms with Gasteiger partial charge in [0.1, 0.15) is 23.8 Å². The second-order valence-corrected chi connectivity index (χ2v) is 8.77. The van der Waals surface area contributed by atoms with Crippen LogP contribution < -0.4 is 10.1 Å². The molecule has 0 atom stereocenters. The van der Waals surface area contributed by atoms with Gasteiger partial charge in [0.2, 0.25) is 5.76 Å². The van der Waals surface area contributed by atoms with Crippen LogP contribution in [0.2, 0.25) is 0 Å². The van der Waals surface area contributed by atoms with Gasteiger partial charge < -0.3 is 19.2 Å². The van der Waals surface area contributed by atoms with Crippen LogP contribution >= 0.6 is 22.6 Å². The molecule has 174 valence electrons. The predicted molar refractivity (Wildman–Crippen MR) is 132 cm³/mol. The van der Waals surface area contributed by atoms with E-state index in [0.717, 1.165) is 25.3 Å². The summed E-state index contributed by atoms with van der Waals surface area (Å²) in [5.41, 5.74) is 3.14. The van der Waals surface area contributed by atoms with Crippen molar-refractivity contribution < 1.29 is 28.3 Å². The molecule has 0 bridgehead atoms. The van der Waals surface area contributed by atoms with E-state index in [4.69, 9.17) is 9.15 Å². The van der Waals surface area contributed by atoms with Crippen molar-refractivity contribution in [1.82, 2.24) is 10.2 Å². The van der Waals surface area contributed by atoms with Gasteiger partial charge in [0.15, 0.2) is 0 Å².